The molecule has 1 aliphatic rings. The predicted molar refractivity (Wildman–Crippen MR) is 108 cm³/mol. The lowest BCUT2D eigenvalue weighted by atomic mass is 10.2. The van der Waals surface area contributed by atoms with E-state index in [1.54, 1.807) is 34.4 Å². The van der Waals surface area contributed by atoms with Crippen LogP contribution >= 0.6 is 11.3 Å². The number of nitrogens with zero attached hydrogens (tertiary/aromatic N) is 4. The molecule has 1 aromatic carbocycles. The molecule has 1 atom stereocenters. The number of carbonyl (C=O) groups is 1. The fraction of sp³-hybridized carbons (Fsp3) is 0.350. The third kappa shape index (κ3) is 3.99. The van der Waals surface area contributed by atoms with Crippen molar-refractivity contribution in [1.29, 1.82) is 0 Å². The van der Waals surface area contributed by atoms with Gasteiger partial charge in [0, 0.05) is 37.6 Å². The molecule has 146 valence electrons. The van der Waals surface area contributed by atoms with E-state index in [1.807, 2.05) is 23.6 Å². The van der Waals surface area contributed by atoms with E-state index in [2.05, 4.69) is 9.88 Å². The summed E-state index contributed by atoms with van der Waals surface area (Å²) in [4.78, 5) is 34.4. The number of piperazine rings is 1. The third-order valence-corrected chi connectivity index (χ3v) is 6.04. The van der Waals surface area contributed by atoms with Gasteiger partial charge in [0.05, 0.1) is 17.2 Å². The van der Waals surface area contributed by atoms with Crippen LogP contribution in [-0.4, -0.2) is 63.1 Å². The van der Waals surface area contributed by atoms with Gasteiger partial charge >= 0.3 is 0 Å². The molecule has 8 heteroatoms. The molecule has 1 unspecified atom stereocenters. The number of aliphatic hydroxyl groups is 1. The van der Waals surface area contributed by atoms with E-state index in [0.717, 1.165) is 4.88 Å². The highest BCUT2D eigenvalue weighted by Crippen LogP contribution is 2.20. The predicted octanol–water partition coefficient (Wildman–Crippen LogP) is 1.34. The first-order chi connectivity index (χ1) is 13.6. The first kappa shape index (κ1) is 18.8. The van der Waals surface area contributed by atoms with E-state index in [9.17, 15) is 14.7 Å². The van der Waals surface area contributed by atoms with Gasteiger partial charge in [0.2, 0.25) is 5.91 Å². The number of aromatic nitrogens is 2. The Bertz CT molecular complexity index is 1010. The Morgan fingerprint density at radius 3 is 2.68 bits per heavy atom. The van der Waals surface area contributed by atoms with Crippen LogP contribution in [0, 0.1) is 0 Å². The van der Waals surface area contributed by atoms with Gasteiger partial charge in [-0.05, 0) is 23.6 Å². The number of benzene rings is 1. The van der Waals surface area contributed by atoms with E-state index in [0.29, 0.717) is 43.6 Å². The van der Waals surface area contributed by atoms with Crippen molar-refractivity contribution in [2.24, 2.45) is 0 Å². The second kappa shape index (κ2) is 8.22. The molecule has 1 aliphatic heterocycles. The fourth-order valence-corrected chi connectivity index (χ4v) is 4.16. The molecule has 0 bridgehead atoms. The zero-order valence-electron chi connectivity index (χ0n) is 15.4. The van der Waals surface area contributed by atoms with Gasteiger partial charge in [-0.1, -0.05) is 18.2 Å². The summed E-state index contributed by atoms with van der Waals surface area (Å²) in [6, 6.07) is 11.0. The summed E-state index contributed by atoms with van der Waals surface area (Å²) in [5.41, 5.74) is 0.436. The largest absolute Gasteiger partial charge is 0.386 e. The Kier molecular flexibility index (Phi) is 5.52. The number of thiophene rings is 1. The van der Waals surface area contributed by atoms with Crippen LogP contribution in [0.2, 0.25) is 0 Å². The van der Waals surface area contributed by atoms with E-state index >= 15 is 0 Å². The van der Waals surface area contributed by atoms with Crippen molar-refractivity contribution in [3.05, 3.63) is 63.3 Å². The van der Waals surface area contributed by atoms with Crippen molar-refractivity contribution in [3.63, 3.8) is 0 Å². The quantitative estimate of drug-likeness (QED) is 0.702. The molecule has 2 aromatic heterocycles. The summed E-state index contributed by atoms with van der Waals surface area (Å²) in [6.45, 7) is 3.15. The second-order valence-corrected chi connectivity index (χ2v) is 7.89. The second-order valence-electron chi connectivity index (χ2n) is 6.91. The van der Waals surface area contributed by atoms with Gasteiger partial charge in [0.15, 0.2) is 0 Å². The molecular formula is C20H22N4O3S. The fourth-order valence-electron chi connectivity index (χ4n) is 3.46. The minimum absolute atomic E-state index is 0.00547. The maximum atomic E-state index is 12.6. The molecule has 0 aliphatic carbocycles. The van der Waals surface area contributed by atoms with Crippen LogP contribution in [0.3, 0.4) is 0 Å². The van der Waals surface area contributed by atoms with Crippen molar-refractivity contribution in [1.82, 2.24) is 19.4 Å². The van der Waals surface area contributed by atoms with Gasteiger partial charge in [-0.3, -0.25) is 19.1 Å². The molecule has 0 spiro atoms. The van der Waals surface area contributed by atoms with Crippen molar-refractivity contribution in [2.45, 2.75) is 12.6 Å². The first-order valence-corrected chi connectivity index (χ1v) is 10.2. The molecule has 28 heavy (non-hydrogen) atoms. The average Bonchev–Trinajstić information content (AvgIpc) is 3.26. The maximum absolute atomic E-state index is 12.6. The lowest BCUT2D eigenvalue weighted by molar-refractivity contribution is -0.133. The van der Waals surface area contributed by atoms with E-state index in [1.165, 1.54) is 10.9 Å². The van der Waals surface area contributed by atoms with Crippen LogP contribution in [0.4, 0.5) is 0 Å². The molecule has 0 saturated carbocycles. The van der Waals surface area contributed by atoms with Crippen molar-refractivity contribution in [2.75, 3.05) is 32.7 Å². The standard InChI is InChI=1S/C20H22N4O3S/c25-17(18-6-3-11-28-18)12-22-7-9-23(10-8-22)19(26)13-24-14-21-16-5-2-1-4-15(16)20(24)27/h1-6,11,14,17,25H,7-10,12-13H2. The third-order valence-electron chi connectivity index (χ3n) is 5.06. The summed E-state index contributed by atoms with van der Waals surface area (Å²) >= 11 is 1.55. The normalized spacial score (nSPS) is 16.4. The molecule has 3 aromatic rings. The Morgan fingerprint density at radius 2 is 1.93 bits per heavy atom. The van der Waals surface area contributed by atoms with Gasteiger partial charge in [-0.25, -0.2) is 4.98 Å². The highest BCUT2D eigenvalue weighted by molar-refractivity contribution is 7.10. The highest BCUT2D eigenvalue weighted by Gasteiger charge is 2.23. The Morgan fingerprint density at radius 1 is 1.14 bits per heavy atom. The lowest BCUT2D eigenvalue weighted by Gasteiger charge is -2.35. The van der Waals surface area contributed by atoms with Crippen LogP contribution in [0.25, 0.3) is 10.9 Å². The number of hydrogen-bond acceptors (Lipinski definition) is 6. The van der Waals surface area contributed by atoms with Gasteiger partial charge in [-0.2, -0.15) is 0 Å². The average molecular weight is 398 g/mol. The SMILES string of the molecule is O=C(Cn1cnc2ccccc2c1=O)N1CCN(CC(O)c2cccs2)CC1. The number of aliphatic hydroxyl groups excluding tert-OH is 1. The minimum Gasteiger partial charge on any atom is -0.386 e. The van der Waals surface area contributed by atoms with Gasteiger partial charge < -0.3 is 10.0 Å². The highest BCUT2D eigenvalue weighted by atomic mass is 32.1. The number of amides is 1. The van der Waals surface area contributed by atoms with Crippen LogP contribution in [-0.2, 0) is 11.3 Å². The number of fused-ring (bicyclic) bond motifs is 1. The summed E-state index contributed by atoms with van der Waals surface area (Å²) in [5, 5.41) is 12.8. The van der Waals surface area contributed by atoms with E-state index in [4.69, 9.17) is 0 Å². The summed E-state index contributed by atoms with van der Waals surface area (Å²) in [5.74, 6) is -0.0855. The van der Waals surface area contributed by atoms with Crippen LogP contribution in [0.5, 0.6) is 0 Å². The van der Waals surface area contributed by atoms with Gasteiger partial charge in [0.1, 0.15) is 12.6 Å². The van der Waals surface area contributed by atoms with E-state index < -0.39 is 6.10 Å². The van der Waals surface area contributed by atoms with E-state index in [-0.39, 0.29) is 18.0 Å². The van der Waals surface area contributed by atoms with Crippen molar-refractivity contribution in [3.8, 4) is 0 Å². The van der Waals surface area contributed by atoms with Crippen molar-refractivity contribution >= 4 is 28.1 Å². The number of β-amino-alcohol motifs (C(OH)–C–C–N with tert-alkyl or cyclic N) is 1. The molecular weight excluding hydrogens is 376 g/mol. The molecule has 0 radical (unpaired) electrons. The van der Waals surface area contributed by atoms with Crippen molar-refractivity contribution < 1.29 is 9.90 Å². The number of rotatable bonds is 5. The number of hydrogen-bond donors (Lipinski definition) is 1. The zero-order chi connectivity index (χ0) is 19.5. The number of para-hydroxylation sites is 1. The van der Waals surface area contributed by atoms with Crippen LogP contribution in [0.15, 0.2) is 52.9 Å². The Balaban J connectivity index is 1.34. The molecule has 1 amide bonds. The number of carbonyl (C=O) groups excluding carboxylic acids is 1. The molecule has 3 heterocycles. The summed E-state index contributed by atoms with van der Waals surface area (Å²) < 4.78 is 1.37. The Labute approximate surface area is 166 Å². The zero-order valence-corrected chi connectivity index (χ0v) is 16.2. The molecule has 7 nitrogen and oxygen atoms in total. The van der Waals surface area contributed by atoms with Gasteiger partial charge in [0.25, 0.3) is 5.56 Å². The molecule has 4 rings (SSSR count). The molecule has 1 fully saturated rings. The summed E-state index contributed by atoms with van der Waals surface area (Å²) in [7, 11) is 0. The minimum atomic E-state index is -0.496. The van der Waals surface area contributed by atoms with Crippen LogP contribution in [0.1, 0.15) is 11.0 Å². The molecule has 1 N–H and O–H groups in total. The van der Waals surface area contributed by atoms with Gasteiger partial charge in [-0.15, -0.1) is 11.3 Å². The smallest absolute Gasteiger partial charge is 0.261 e. The monoisotopic (exact) mass is 398 g/mol. The maximum Gasteiger partial charge on any atom is 0.261 e. The lowest BCUT2D eigenvalue weighted by Crippen LogP contribution is -2.50. The molecule has 1 saturated heterocycles. The first-order valence-electron chi connectivity index (χ1n) is 9.27. The Hall–Kier alpha value is -2.55. The topological polar surface area (TPSA) is 78.7 Å². The van der Waals surface area contributed by atoms with Crippen LogP contribution < -0.4 is 5.56 Å². The summed E-state index contributed by atoms with van der Waals surface area (Å²) in [6.07, 6.45) is 0.945.